The van der Waals surface area contributed by atoms with E-state index in [1.54, 1.807) is 17.5 Å². The molecule has 0 spiro atoms. The summed E-state index contributed by atoms with van der Waals surface area (Å²) in [6.45, 7) is 0. The number of benzene rings is 1. The Bertz CT molecular complexity index is 855. The second kappa shape index (κ2) is 6.43. The van der Waals surface area contributed by atoms with Crippen LogP contribution in [0.2, 0.25) is 0 Å². The third-order valence-electron chi connectivity index (χ3n) is 2.78. The SMILES string of the molecule is CS(=O)(=O)CCS(=O)(=O)Cc1csc(-c2ccc(F)cc2)n1. The minimum atomic E-state index is -3.54. The highest BCUT2D eigenvalue weighted by molar-refractivity contribution is 7.94. The molecule has 1 aromatic heterocycles. The lowest BCUT2D eigenvalue weighted by Gasteiger charge is -2.01. The Morgan fingerprint density at radius 2 is 1.73 bits per heavy atom. The maximum atomic E-state index is 12.9. The lowest BCUT2D eigenvalue weighted by atomic mass is 10.2. The van der Waals surface area contributed by atoms with E-state index in [0.717, 1.165) is 6.26 Å². The minimum Gasteiger partial charge on any atom is -0.240 e. The Morgan fingerprint density at radius 3 is 2.32 bits per heavy atom. The molecule has 2 rings (SSSR count). The summed E-state index contributed by atoms with van der Waals surface area (Å²) in [5.74, 6) is -1.48. The quantitative estimate of drug-likeness (QED) is 0.783. The highest BCUT2D eigenvalue weighted by Gasteiger charge is 2.17. The first-order chi connectivity index (χ1) is 10.1. The predicted octanol–water partition coefficient (Wildman–Crippen LogP) is 1.91. The Labute approximate surface area is 132 Å². The van der Waals surface area contributed by atoms with Crippen molar-refractivity contribution in [1.29, 1.82) is 0 Å². The molecule has 0 aliphatic heterocycles. The fraction of sp³-hybridized carbons (Fsp3) is 0.308. The summed E-state index contributed by atoms with van der Waals surface area (Å²) in [6.07, 6.45) is 0.998. The number of hydrogen-bond donors (Lipinski definition) is 0. The number of nitrogens with zero attached hydrogens (tertiary/aromatic N) is 1. The molecule has 120 valence electrons. The third kappa shape index (κ3) is 5.15. The molecule has 1 heterocycles. The highest BCUT2D eigenvalue weighted by atomic mass is 32.2. The van der Waals surface area contributed by atoms with Crippen LogP contribution in [-0.4, -0.2) is 39.6 Å². The molecule has 0 atom stereocenters. The molecule has 0 unspecified atom stereocenters. The summed E-state index contributed by atoms with van der Waals surface area (Å²) in [5.41, 5.74) is 1.06. The molecule has 0 saturated heterocycles. The number of thiazole rings is 1. The van der Waals surface area contributed by atoms with E-state index < -0.39 is 31.2 Å². The Balaban J connectivity index is 2.10. The van der Waals surface area contributed by atoms with Gasteiger partial charge in [-0.15, -0.1) is 11.3 Å². The van der Waals surface area contributed by atoms with Crippen molar-refractivity contribution >= 4 is 31.0 Å². The van der Waals surface area contributed by atoms with Crippen molar-refractivity contribution in [2.24, 2.45) is 0 Å². The summed E-state index contributed by atoms with van der Waals surface area (Å²) in [7, 11) is -6.86. The Morgan fingerprint density at radius 1 is 1.09 bits per heavy atom. The standard InChI is InChI=1S/C13H14FNO4S3/c1-21(16,17)6-7-22(18,19)9-12-8-20-13(15-12)10-2-4-11(14)5-3-10/h2-5,8H,6-7,9H2,1H3. The number of rotatable bonds is 6. The van der Waals surface area contributed by atoms with Crippen LogP contribution >= 0.6 is 11.3 Å². The molecule has 0 aliphatic carbocycles. The van der Waals surface area contributed by atoms with Gasteiger partial charge in [0, 0.05) is 17.2 Å². The fourth-order valence-corrected chi connectivity index (χ4v) is 5.58. The zero-order valence-corrected chi connectivity index (χ0v) is 14.1. The van der Waals surface area contributed by atoms with Gasteiger partial charge in [-0.2, -0.15) is 0 Å². The van der Waals surface area contributed by atoms with Crippen LogP contribution in [0.1, 0.15) is 5.69 Å². The molecule has 5 nitrogen and oxygen atoms in total. The normalized spacial score (nSPS) is 12.5. The molecule has 0 bridgehead atoms. The van der Waals surface area contributed by atoms with Gasteiger partial charge in [-0.3, -0.25) is 0 Å². The van der Waals surface area contributed by atoms with Crippen molar-refractivity contribution in [3.63, 3.8) is 0 Å². The van der Waals surface area contributed by atoms with Crippen LogP contribution in [0.25, 0.3) is 10.6 Å². The van der Waals surface area contributed by atoms with Crippen LogP contribution in [0.4, 0.5) is 4.39 Å². The summed E-state index contributed by atoms with van der Waals surface area (Å²) >= 11 is 1.26. The smallest absolute Gasteiger partial charge is 0.157 e. The molecule has 0 amide bonds. The van der Waals surface area contributed by atoms with E-state index in [1.807, 2.05) is 0 Å². The van der Waals surface area contributed by atoms with Crippen LogP contribution in [-0.2, 0) is 25.4 Å². The molecular formula is C13H14FNO4S3. The first kappa shape index (κ1) is 17.0. The van der Waals surface area contributed by atoms with Crippen molar-refractivity contribution in [3.05, 3.63) is 41.2 Å². The summed E-state index contributed by atoms with van der Waals surface area (Å²) in [6, 6.07) is 5.74. The lowest BCUT2D eigenvalue weighted by Crippen LogP contribution is -2.17. The van der Waals surface area contributed by atoms with Crippen LogP contribution in [0.3, 0.4) is 0 Å². The molecule has 0 N–H and O–H groups in total. The molecule has 22 heavy (non-hydrogen) atoms. The number of halogens is 1. The van der Waals surface area contributed by atoms with Gasteiger partial charge in [-0.25, -0.2) is 26.2 Å². The Hall–Kier alpha value is -1.32. The van der Waals surface area contributed by atoms with E-state index in [-0.39, 0.29) is 11.6 Å². The minimum absolute atomic E-state index is 0.305. The number of aromatic nitrogens is 1. The maximum Gasteiger partial charge on any atom is 0.157 e. The van der Waals surface area contributed by atoms with E-state index >= 15 is 0 Å². The first-order valence-corrected chi connectivity index (χ1v) is 11.0. The molecule has 9 heteroatoms. The molecule has 0 radical (unpaired) electrons. The van der Waals surface area contributed by atoms with E-state index in [4.69, 9.17) is 0 Å². The second-order valence-corrected chi connectivity index (χ2v) is 10.2. The van der Waals surface area contributed by atoms with Crippen LogP contribution < -0.4 is 0 Å². The average molecular weight is 363 g/mol. The van der Waals surface area contributed by atoms with Gasteiger partial charge in [0.1, 0.15) is 20.7 Å². The van der Waals surface area contributed by atoms with Crippen molar-refractivity contribution in [3.8, 4) is 10.6 Å². The van der Waals surface area contributed by atoms with E-state index in [2.05, 4.69) is 4.98 Å². The first-order valence-electron chi connectivity index (χ1n) is 6.23. The molecule has 0 aliphatic rings. The zero-order chi connectivity index (χ0) is 16.4. The average Bonchev–Trinajstić information content (AvgIpc) is 2.84. The largest absolute Gasteiger partial charge is 0.240 e. The molecule has 1 aromatic carbocycles. The monoisotopic (exact) mass is 363 g/mol. The van der Waals surface area contributed by atoms with Gasteiger partial charge in [-0.05, 0) is 24.3 Å². The maximum absolute atomic E-state index is 12.9. The lowest BCUT2D eigenvalue weighted by molar-refractivity contribution is 0.589. The van der Waals surface area contributed by atoms with Crippen molar-refractivity contribution < 1.29 is 21.2 Å². The van der Waals surface area contributed by atoms with Crippen LogP contribution in [0.5, 0.6) is 0 Å². The molecule has 2 aromatic rings. The third-order valence-corrected chi connectivity index (χ3v) is 6.48. The fourth-order valence-electron chi connectivity index (χ4n) is 1.67. The number of hydrogen-bond acceptors (Lipinski definition) is 6. The van der Waals surface area contributed by atoms with Gasteiger partial charge in [0.15, 0.2) is 9.84 Å². The zero-order valence-electron chi connectivity index (χ0n) is 11.7. The van der Waals surface area contributed by atoms with Crippen LogP contribution in [0, 0.1) is 5.82 Å². The van der Waals surface area contributed by atoms with Crippen LogP contribution in [0.15, 0.2) is 29.6 Å². The highest BCUT2D eigenvalue weighted by Crippen LogP contribution is 2.24. The van der Waals surface area contributed by atoms with Gasteiger partial charge in [0.2, 0.25) is 0 Å². The summed E-state index contributed by atoms with van der Waals surface area (Å²) in [4.78, 5) is 4.21. The van der Waals surface area contributed by atoms with Gasteiger partial charge in [-0.1, -0.05) is 0 Å². The van der Waals surface area contributed by atoms with Crippen molar-refractivity contribution in [2.75, 3.05) is 17.8 Å². The van der Waals surface area contributed by atoms with E-state index in [0.29, 0.717) is 16.3 Å². The molecule has 0 fully saturated rings. The second-order valence-electron chi connectivity index (χ2n) is 4.87. The summed E-state index contributed by atoms with van der Waals surface area (Å²) in [5, 5.41) is 2.20. The van der Waals surface area contributed by atoms with Crippen molar-refractivity contribution in [2.45, 2.75) is 5.75 Å². The van der Waals surface area contributed by atoms with E-state index in [9.17, 15) is 21.2 Å². The Kier molecular flexibility index (Phi) is 4.98. The molecular weight excluding hydrogens is 349 g/mol. The van der Waals surface area contributed by atoms with Gasteiger partial charge >= 0.3 is 0 Å². The van der Waals surface area contributed by atoms with Gasteiger partial charge in [0.25, 0.3) is 0 Å². The van der Waals surface area contributed by atoms with Gasteiger partial charge < -0.3 is 0 Å². The molecule has 0 saturated carbocycles. The van der Waals surface area contributed by atoms with Crippen molar-refractivity contribution in [1.82, 2.24) is 4.98 Å². The van der Waals surface area contributed by atoms with Gasteiger partial charge in [0.05, 0.1) is 23.0 Å². The summed E-state index contributed by atoms with van der Waals surface area (Å²) < 4.78 is 58.7. The topological polar surface area (TPSA) is 81.2 Å². The number of sulfone groups is 2. The van der Waals surface area contributed by atoms with E-state index in [1.165, 1.54) is 23.5 Å². The predicted molar refractivity (Wildman–Crippen MR) is 84.7 cm³/mol.